The summed E-state index contributed by atoms with van der Waals surface area (Å²) in [6.45, 7) is 11.8. The van der Waals surface area contributed by atoms with E-state index in [0.29, 0.717) is 25.7 Å². The van der Waals surface area contributed by atoms with Gasteiger partial charge in [-0.2, -0.15) is 0 Å². The summed E-state index contributed by atoms with van der Waals surface area (Å²) in [6.07, 6.45) is 44.3. The Hall–Kier alpha value is -0.810. The summed E-state index contributed by atoms with van der Waals surface area (Å²) in [6, 6.07) is 0. The molecule has 1 atom stereocenters. The summed E-state index contributed by atoms with van der Waals surface area (Å²) in [4.78, 5) is 12.2. The van der Waals surface area contributed by atoms with E-state index in [2.05, 4.69) is 33.0 Å². The molecular formula is C45H91NO4. The van der Waals surface area contributed by atoms with E-state index in [9.17, 15) is 4.79 Å². The highest BCUT2D eigenvalue weighted by atomic mass is 16.6. The van der Waals surface area contributed by atoms with E-state index in [1.165, 1.54) is 193 Å². The first-order valence-electron chi connectivity index (χ1n) is 22.7. The van der Waals surface area contributed by atoms with Crippen LogP contribution >= 0.6 is 0 Å². The molecule has 0 aliphatic rings. The number of carbonyl (C=O) groups is 1. The van der Waals surface area contributed by atoms with Gasteiger partial charge >= 0.3 is 6.09 Å². The molecule has 0 rings (SSSR count). The Bertz CT molecular complexity index is 643. The van der Waals surface area contributed by atoms with E-state index in [1.807, 2.05) is 0 Å². The summed E-state index contributed by atoms with van der Waals surface area (Å²) in [5.41, 5.74) is 0. The molecule has 0 aliphatic carbocycles. The fourth-order valence-corrected chi connectivity index (χ4v) is 6.69. The maximum absolute atomic E-state index is 12.2. The molecule has 0 saturated heterocycles. The van der Waals surface area contributed by atoms with Gasteiger partial charge in [0.1, 0.15) is 12.7 Å². The SMILES string of the molecule is CCCCCCCCCCCCCCCCCCOC[C@H](COC(=O)NCCC(C)C)OCCCCCCCCCCCCCCCCCC. The first kappa shape index (κ1) is 49.2. The number of carbonyl (C=O) groups excluding carboxylic acids is 1. The molecule has 50 heavy (non-hydrogen) atoms. The Labute approximate surface area is 314 Å². The van der Waals surface area contributed by atoms with E-state index in [1.54, 1.807) is 0 Å². The zero-order chi connectivity index (χ0) is 36.4. The second-order valence-electron chi connectivity index (χ2n) is 15.9. The van der Waals surface area contributed by atoms with Crippen molar-refractivity contribution < 1.29 is 19.0 Å². The Kier molecular flexibility index (Phi) is 41.9. The largest absolute Gasteiger partial charge is 0.447 e. The standard InChI is InChI=1S/C45H91NO4/c1-5-7-9-11-13-15-17-19-21-23-25-27-29-31-33-35-39-48-41-44(42-50-45(47)46-38-37-43(3)4)49-40-36-34-32-30-28-26-24-22-20-18-16-14-12-10-8-6-2/h43-44H,5-42H2,1-4H3,(H,46,47)/t44-/m1/s1. The number of alkyl carbamates (subject to hydrolysis) is 1. The van der Waals surface area contributed by atoms with E-state index in [4.69, 9.17) is 14.2 Å². The predicted octanol–water partition coefficient (Wildman–Crippen LogP) is 14.7. The Morgan fingerprint density at radius 2 is 0.800 bits per heavy atom. The van der Waals surface area contributed by atoms with Crippen LogP contribution < -0.4 is 5.32 Å². The van der Waals surface area contributed by atoms with Crippen LogP contribution in [0.15, 0.2) is 0 Å². The van der Waals surface area contributed by atoms with Gasteiger partial charge in [0.15, 0.2) is 0 Å². The lowest BCUT2D eigenvalue weighted by Crippen LogP contribution is -2.32. The van der Waals surface area contributed by atoms with Gasteiger partial charge in [-0.1, -0.05) is 220 Å². The number of unbranched alkanes of at least 4 members (excludes halogenated alkanes) is 30. The minimum Gasteiger partial charge on any atom is -0.447 e. The van der Waals surface area contributed by atoms with Crippen molar-refractivity contribution in [2.45, 2.75) is 246 Å². The van der Waals surface area contributed by atoms with Gasteiger partial charge in [-0.15, -0.1) is 0 Å². The predicted molar refractivity (Wildman–Crippen MR) is 218 cm³/mol. The smallest absolute Gasteiger partial charge is 0.407 e. The van der Waals surface area contributed by atoms with Crippen LogP contribution in [0.5, 0.6) is 0 Å². The lowest BCUT2D eigenvalue weighted by atomic mass is 10.0. The third kappa shape index (κ3) is 41.6. The number of hydrogen-bond donors (Lipinski definition) is 1. The molecule has 0 fully saturated rings. The summed E-state index contributed by atoms with van der Waals surface area (Å²) in [7, 11) is 0. The van der Waals surface area contributed by atoms with Gasteiger partial charge in [-0.3, -0.25) is 0 Å². The van der Waals surface area contributed by atoms with Crippen LogP contribution in [-0.4, -0.2) is 45.2 Å². The minimum atomic E-state index is -0.348. The topological polar surface area (TPSA) is 56.8 Å². The maximum Gasteiger partial charge on any atom is 0.407 e. The van der Waals surface area contributed by atoms with Crippen LogP contribution in [0.25, 0.3) is 0 Å². The van der Waals surface area contributed by atoms with Crippen LogP contribution in [-0.2, 0) is 14.2 Å². The van der Waals surface area contributed by atoms with Crippen LogP contribution in [0, 0.1) is 5.92 Å². The number of amides is 1. The quantitative estimate of drug-likeness (QED) is 0.0641. The molecular weight excluding hydrogens is 618 g/mol. The second kappa shape index (κ2) is 42.6. The van der Waals surface area contributed by atoms with Gasteiger partial charge in [-0.05, 0) is 25.2 Å². The third-order valence-corrected chi connectivity index (χ3v) is 10.2. The highest BCUT2D eigenvalue weighted by Gasteiger charge is 2.13. The lowest BCUT2D eigenvalue weighted by molar-refractivity contribution is -0.0468. The maximum atomic E-state index is 12.2. The summed E-state index contributed by atoms with van der Waals surface area (Å²) in [5, 5.41) is 2.87. The number of rotatable bonds is 42. The first-order chi connectivity index (χ1) is 24.6. The summed E-state index contributed by atoms with van der Waals surface area (Å²) >= 11 is 0. The molecule has 0 aliphatic heterocycles. The Morgan fingerprint density at radius 3 is 1.16 bits per heavy atom. The van der Waals surface area contributed by atoms with Crippen molar-refractivity contribution in [3.05, 3.63) is 0 Å². The molecule has 0 radical (unpaired) electrons. The molecule has 0 aromatic heterocycles. The second-order valence-corrected chi connectivity index (χ2v) is 15.9. The van der Waals surface area contributed by atoms with Crippen molar-refractivity contribution in [1.82, 2.24) is 5.32 Å². The van der Waals surface area contributed by atoms with E-state index >= 15 is 0 Å². The van der Waals surface area contributed by atoms with Crippen molar-refractivity contribution in [2.24, 2.45) is 5.92 Å². The summed E-state index contributed by atoms with van der Waals surface area (Å²) < 4.78 is 17.7. The molecule has 0 heterocycles. The highest BCUT2D eigenvalue weighted by Crippen LogP contribution is 2.15. The van der Waals surface area contributed by atoms with Gasteiger partial charge in [0.25, 0.3) is 0 Å². The van der Waals surface area contributed by atoms with Crippen molar-refractivity contribution in [2.75, 3.05) is 33.0 Å². The van der Waals surface area contributed by atoms with Gasteiger partial charge in [0.05, 0.1) is 6.61 Å². The first-order valence-corrected chi connectivity index (χ1v) is 22.7. The van der Waals surface area contributed by atoms with Gasteiger partial charge in [-0.25, -0.2) is 4.79 Å². The van der Waals surface area contributed by atoms with Gasteiger partial charge in [0.2, 0.25) is 0 Å². The Morgan fingerprint density at radius 1 is 0.460 bits per heavy atom. The normalized spacial score (nSPS) is 12.2. The average Bonchev–Trinajstić information content (AvgIpc) is 3.10. The molecule has 0 bridgehead atoms. The molecule has 5 heteroatoms. The van der Waals surface area contributed by atoms with Crippen LogP contribution in [0.2, 0.25) is 0 Å². The Balaban J connectivity index is 3.86. The monoisotopic (exact) mass is 710 g/mol. The van der Waals surface area contributed by atoms with Crippen molar-refractivity contribution >= 4 is 6.09 Å². The van der Waals surface area contributed by atoms with Crippen molar-refractivity contribution in [1.29, 1.82) is 0 Å². The lowest BCUT2D eigenvalue weighted by Gasteiger charge is -2.18. The average molecular weight is 710 g/mol. The van der Waals surface area contributed by atoms with Crippen LogP contribution in [0.3, 0.4) is 0 Å². The van der Waals surface area contributed by atoms with Gasteiger partial charge in [0, 0.05) is 19.8 Å². The van der Waals surface area contributed by atoms with Crippen LogP contribution in [0.1, 0.15) is 240 Å². The molecule has 0 aromatic rings. The number of hydrogen-bond acceptors (Lipinski definition) is 4. The zero-order valence-corrected chi connectivity index (χ0v) is 34.7. The highest BCUT2D eigenvalue weighted by molar-refractivity contribution is 5.67. The number of nitrogens with one attached hydrogen (secondary N) is 1. The molecule has 0 unspecified atom stereocenters. The fraction of sp³-hybridized carbons (Fsp3) is 0.978. The molecule has 1 N–H and O–H groups in total. The molecule has 1 amide bonds. The third-order valence-electron chi connectivity index (χ3n) is 10.2. The number of ether oxygens (including phenoxy) is 3. The van der Waals surface area contributed by atoms with E-state index in [-0.39, 0.29) is 18.8 Å². The summed E-state index contributed by atoms with van der Waals surface area (Å²) in [5.74, 6) is 0.559. The van der Waals surface area contributed by atoms with Crippen molar-refractivity contribution in [3.8, 4) is 0 Å². The van der Waals surface area contributed by atoms with Gasteiger partial charge < -0.3 is 19.5 Å². The fourth-order valence-electron chi connectivity index (χ4n) is 6.69. The molecule has 5 nitrogen and oxygen atoms in total. The molecule has 0 spiro atoms. The van der Waals surface area contributed by atoms with Crippen LogP contribution in [0.4, 0.5) is 4.79 Å². The molecule has 0 aromatic carbocycles. The minimum absolute atomic E-state index is 0.191. The van der Waals surface area contributed by atoms with E-state index in [0.717, 1.165) is 25.9 Å². The molecule has 300 valence electrons. The molecule has 0 saturated carbocycles. The zero-order valence-electron chi connectivity index (χ0n) is 34.7. The van der Waals surface area contributed by atoms with E-state index < -0.39 is 0 Å². The van der Waals surface area contributed by atoms with Crippen molar-refractivity contribution in [3.63, 3.8) is 0 Å².